The molecule has 1 aromatic carbocycles. The number of rotatable bonds is 2. The molecule has 1 aliphatic carbocycles. The largest absolute Gasteiger partial charge is 0.323 e. The molecule has 0 unspecified atom stereocenters. The van der Waals surface area contributed by atoms with Gasteiger partial charge in [-0.1, -0.05) is 0 Å². The molecule has 3 rings (SSSR count). The molecule has 0 spiro atoms. The summed E-state index contributed by atoms with van der Waals surface area (Å²) in [7, 11) is 0. The van der Waals surface area contributed by atoms with Gasteiger partial charge < -0.3 is 10.2 Å². The van der Waals surface area contributed by atoms with Crippen molar-refractivity contribution in [1.29, 1.82) is 5.26 Å². The van der Waals surface area contributed by atoms with Crippen LogP contribution in [0, 0.1) is 22.7 Å². The van der Waals surface area contributed by atoms with Gasteiger partial charge in [-0.2, -0.15) is 5.26 Å². The lowest BCUT2D eigenvalue weighted by Gasteiger charge is -2.27. The lowest BCUT2D eigenvalue weighted by molar-refractivity contribution is -0.136. The van der Waals surface area contributed by atoms with Gasteiger partial charge in [0.2, 0.25) is 11.8 Å². The number of anilines is 2. The molecule has 5 nitrogen and oxygen atoms in total. The van der Waals surface area contributed by atoms with Gasteiger partial charge in [0.15, 0.2) is 0 Å². The number of hydrogen-bond acceptors (Lipinski definition) is 3. The van der Waals surface area contributed by atoms with Crippen LogP contribution in [0.15, 0.2) is 18.2 Å². The number of amides is 2. The van der Waals surface area contributed by atoms with Crippen LogP contribution in [-0.2, 0) is 9.59 Å². The van der Waals surface area contributed by atoms with Gasteiger partial charge >= 0.3 is 0 Å². The highest BCUT2D eigenvalue weighted by Crippen LogP contribution is 2.39. The number of nitriles is 1. The van der Waals surface area contributed by atoms with Gasteiger partial charge in [0.1, 0.15) is 5.41 Å². The zero-order valence-corrected chi connectivity index (χ0v) is 12.1. The number of carbonyl (C=O) groups excluding carboxylic acids is 2. The topological polar surface area (TPSA) is 73.2 Å². The van der Waals surface area contributed by atoms with E-state index in [4.69, 9.17) is 5.26 Å². The maximum Gasteiger partial charge on any atom is 0.242 e. The van der Waals surface area contributed by atoms with Crippen molar-refractivity contribution in [3.05, 3.63) is 23.8 Å². The van der Waals surface area contributed by atoms with Crippen LogP contribution < -0.4 is 10.2 Å². The van der Waals surface area contributed by atoms with Crippen LogP contribution in [0.4, 0.5) is 11.4 Å². The first-order valence-corrected chi connectivity index (χ1v) is 7.11. The van der Waals surface area contributed by atoms with Gasteiger partial charge in [-0.3, -0.25) is 9.59 Å². The van der Waals surface area contributed by atoms with Crippen LogP contribution in [0.5, 0.6) is 0 Å². The molecule has 2 amide bonds. The molecule has 1 N–H and O–H groups in total. The summed E-state index contributed by atoms with van der Waals surface area (Å²) in [6, 6.07) is 7.11. The fraction of sp³-hybridized carbons (Fsp3) is 0.438. The van der Waals surface area contributed by atoms with Crippen LogP contribution in [0.25, 0.3) is 0 Å². The quantitative estimate of drug-likeness (QED) is 0.846. The van der Waals surface area contributed by atoms with E-state index >= 15 is 0 Å². The highest BCUT2D eigenvalue weighted by Gasteiger charge is 2.44. The second kappa shape index (κ2) is 4.59. The summed E-state index contributed by atoms with van der Waals surface area (Å²) in [5, 5.41) is 11.9. The number of fused-ring (bicyclic) bond motifs is 1. The van der Waals surface area contributed by atoms with Gasteiger partial charge in [-0.05, 0) is 50.8 Å². The van der Waals surface area contributed by atoms with E-state index in [9.17, 15) is 9.59 Å². The van der Waals surface area contributed by atoms with Crippen LogP contribution in [0.2, 0.25) is 0 Å². The second-order valence-corrected chi connectivity index (χ2v) is 6.28. The summed E-state index contributed by atoms with van der Waals surface area (Å²) in [5.74, 6) is -0.0194. The highest BCUT2D eigenvalue weighted by atomic mass is 16.2. The molecule has 1 aromatic rings. The van der Waals surface area contributed by atoms with Crippen LogP contribution >= 0.6 is 0 Å². The summed E-state index contributed by atoms with van der Waals surface area (Å²) >= 11 is 0. The Morgan fingerprint density at radius 2 is 2.10 bits per heavy atom. The molecular formula is C16H17N3O2. The minimum Gasteiger partial charge on any atom is -0.323 e. The van der Waals surface area contributed by atoms with Crippen LogP contribution in [0.3, 0.4) is 0 Å². The minimum absolute atomic E-state index is 0.208. The Morgan fingerprint density at radius 3 is 2.71 bits per heavy atom. The molecule has 1 aliphatic heterocycles. The van der Waals surface area contributed by atoms with Crippen molar-refractivity contribution in [3.8, 4) is 6.07 Å². The average molecular weight is 283 g/mol. The van der Waals surface area contributed by atoms with Crippen molar-refractivity contribution >= 4 is 23.2 Å². The zero-order chi connectivity index (χ0) is 15.2. The molecular weight excluding hydrogens is 266 g/mol. The monoisotopic (exact) mass is 283 g/mol. The van der Waals surface area contributed by atoms with Crippen molar-refractivity contribution in [2.75, 3.05) is 16.8 Å². The van der Waals surface area contributed by atoms with E-state index in [1.807, 2.05) is 0 Å². The smallest absolute Gasteiger partial charge is 0.242 e. The molecule has 0 saturated heterocycles. The fourth-order valence-corrected chi connectivity index (χ4v) is 2.49. The van der Waals surface area contributed by atoms with E-state index in [2.05, 4.69) is 11.4 Å². The summed E-state index contributed by atoms with van der Waals surface area (Å²) < 4.78 is 0. The first-order chi connectivity index (χ1) is 9.93. The van der Waals surface area contributed by atoms with Gasteiger partial charge in [0.25, 0.3) is 0 Å². The van der Waals surface area contributed by atoms with Crippen molar-refractivity contribution < 1.29 is 9.59 Å². The third-order valence-electron chi connectivity index (χ3n) is 4.15. The molecule has 2 aliphatic rings. The van der Waals surface area contributed by atoms with Crippen LogP contribution in [0.1, 0.15) is 32.3 Å². The second-order valence-electron chi connectivity index (χ2n) is 6.28. The summed E-state index contributed by atoms with van der Waals surface area (Å²) in [6.07, 6.45) is 2.22. The van der Waals surface area contributed by atoms with E-state index in [-0.39, 0.29) is 11.8 Å². The summed E-state index contributed by atoms with van der Waals surface area (Å²) in [4.78, 5) is 26.7. The molecule has 5 heteroatoms. The Kier molecular flexibility index (Phi) is 2.98. The molecule has 108 valence electrons. The molecule has 0 aromatic heterocycles. The molecule has 1 saturated carbocycles. The van der Waals surface area contributed by atoms with Gasteiger partial charge in [0.05, 0.1) is 23.0 Å². The maximum atomic E-state index is 12.8. The van der Waals surface area contributed by atoms with E-state index < -0.39 is 5.41 Å². The standard InChI is InChI=1S/C16H17N3O2/c1-16(2)14(20)18-12-6-5-11(8-17)7-13(12)19(15(16)21)9-10-3-4-10/h5-7,10H,3-4,9H2,1-2H3,(H,18,20). The summed E-state index contributed by atoms with van der Waals surface area (Å²) in [5.41, 5.74) is 0.598. The number of benzene rings is 1. The lowest BCUT2D eigenvalue weighted by Crippen LogP contribution is -2.45. The molecule has 1 fully saturated rings. The van der Waals surface area contributed by atoms with E-state index in [1.54, 1.807) is 36.9 Å². The fourth-order valence-electron chi connectivity index (χ4n) is 2.49. The van der Waals surface area contributed by atoms with Gasteiger partial charge in [-0.15, -0.1) is 0 Å². The third kappa shape index (κ3) is 2.27. The SMILES string of the molecule is CC1(C)C(=O)Nc2ccc(C#N)cc2N(CC2CC2)C1=O. The number of nitrogens with one attached hydrogen (secondary N) is 1. The Bertz CT molecular complexity index is 669. The zero-order valence-electron chi connectivity index (χ0n) is 12.1. The first kappa shape index (κ1) is 13.6. The molecule has 0 radical (unpaired) electrons. The maximum absolute atomic E-state index is 12.8. The number of carbonyl (C=O) groups is 2. The molecule has 0 atom stereocenters. The Morgan fingerprint density at radius 1 is 1.38 bits per heavy atom. The van der Waals surface area contributed by atoms with E-state index in [0.29, 0.717) is 29.4 Å². The number of nitrogens with zero attached hydrogens (tertiary/aromatic N) is 2. The lowest BCUT2D eigenvalue weighted by atomic mass is 9.90. The molecule has 0 bridgehead atoms. The summed E-state index contributed by atoms with van der Waals surface area (Å²) in [6.45, 7) is 3.89. The number of hydrogen-bond donors (Lipinski definition) is 1. The highest BCUT2D eigenvalue weighted by molar-refractivity contribution is 6.19. The van der Waals surface area contributed by atoms with Crippen molar-refractivity contribution in [2.24, 2.45) is 11.3 Å². The minimum atomic E-state index is -1.11. The van der Waals surface area contributed by atoms with Crippen LogP contribution in [-0.4, -0.2) is 18.4 Å². The Balaban J connectivity index is 2.12. The molecule has 1 heterocycles. The third-order valence-corrected chi connectivity index (χ3v) is 4.15. The van der Waals surface area contributed by atoms with Gasteiger partial charge in [0, 0.05) is 6.54 Å². The Labute approximate surface area is 123 Å². The van der Waals surface area contributed by atoms with Crippen molar-refractivity contribution in [3.63, 3.8) is 0 Å². The van der Waals surface area contributed by atoms with E-state index in [1.165, 1.54) is 0 Å². The van der Waals surface area contributed by atoms with Crippen molar-refractivity contribution in [1.82, 2.24) is 0 Å². The first-order valence-electron chi connectivity index (χ1n) is 7.11. The van der Waals surface area contributed by atoms with E-state index in [0.717, 1.165) is 12.8 Å². The average Bonchev–Trinajstić information content (AvgIpc) is 3.28. The Hall–Kier alpha value is -2.35. The van der Waals surface area contributed by atoms with Gasteiger partial charge in [-0.25, -0.2) is 0 Å². The predicted octanol–water partition coefficient (Wildman–Crippen LogP) is 2.28. The predicted molar refractivity (Wildman–Crippen MR) is 78.6 cm³/mol. The normalized spacial score (nSPS) is 20.3. The molecule has 21 heavy (non-hydrogen) atoms. The van der Waals surface area contributed by atoms with Crippen molar-refractivity contribution in [2.45, 2.75) is 26.7 Å².